The molecule has 1 fully saturated rings. The Morgan fingerprint density at radius 3 is 3.00 bits per heavy atom. The second-order valence-electron chi connectivity index (χ2n) is 4.98. The lowest BCUT2D eigenvalue weighted by atomic mass is 9.95. The van der Waals surface area contributed by atoms with Crippen molar-refractivity contribution in [1.82, 2.24) is 5.32 Å². The van der Waals surface area contributed by atoms with E-state index in [0.29, 0.717) is 10.0 Å². The molecule has 1 aromatic rings. The smallest absolute Gasteiger partial charge is 0.142 e. The standard InChI is InChI=1S/C15H21BrFNO/c1-2-9-18-15(13-8-3-4-10-19-13)11-6-5-7-12(16)14(11)17/h5-7,13,15,18H,2-4,8-10H2,1H3. The summed E-state index contributed by atoms with van der Waals surface area (Å²) in [5.74, 6) is -0.176. The first-order chi connectivity index (χ1) is 9.24. The van der Waals surface area contributed by atoms with E-state index in [9.17, 15) is 4.39 Å². The highest BCUT2D eigenvalue weighted by atomic mass is 79.9. The Kier molecular flexibility index (Phi) is 5.79. The lowest BCUT2D eigenvalue weighted by molar-refractivity contribution is -0.00888. The molecule has 0 bridgehead atoms. The van der Waals surface area contributed by atoms with Crippen LogP contribution in [0.1, 0.15) is 44.2 Å². The molecule has 0 spiro atoms. The maximum absolute atomic E-state index is 14.3. The van der Waals surface area contributed by atoms with Crippen LogP contribution < -0.4 is 5.32 Å². The second kappa shape index (κ2) is 7.36. The first-order valence-corrected chi connectivity index (χ1v) is 7.82. The monoisotopic (exact) mass is 329 g/mol. The van der Waals surface area contributed by atoms with Crippen LogP contribution in [0.3, 0.4) is 0 Å². The van der Waals surface area contributed by atoms with Crippen LogP contribution in [0.2, 0.25) is 0 Å². The van der Waals surface area contributed by atoms with Crippen molar-refractivity contribution < 1.29 is 9.13 Å². The summed E-state index contributed by atoms with van der Waals surface area (Å²) >= 11 is 3.26. The van der Waals surface area contributed by atoms with Gasteiger partial charge in [0.1, 0.15) is 5.82 Å². The molecular formula is C15H21BrFNO. The van der Waals surface area contributed by atoms with Crippen molar-refractivity contribution in [3.8, 4) is 0 Å². The number of halogens is 2. The lowest BCUT2D eigenvalue weighted by Crippen LogP contribution is -2.37. The van der Waals surface area contributed by atoms with Gasteiger partial charge in [0.15, 0.2) is 0 Å². The minimum atomic E-state index is -0.176. The van der Waals surface area contributed by atoms with Crippen LogP contribution in [0, 0.1) is 5.82 Å². The predicted octanol–water partition coefficient (Wildman–Crippen LogP) is 4.20. The molecule has 2 atom stereocenters. The summed E-state index contributed by atoms with van der Waals surface area (Å²) in [6.07, 6.45) is 4.36. The summed E-state index contributed by atoms with van der Waals surface area (Å²) in [6, 6.07) is 5.41. The molecule has 106 valence electrons. The van der Waals surface area contributed by atoms with Gasteiger partial charge < -0.3 is 10.1 Å². The molecule has 1 saturated heterocycles. The van der Waals surface area contributed by atoms with Crippen molar-refractivity contribution in [2.75, 3.05) is 13.2 Å². The van der Waals surface area contributed by atoms with Crippen LogP contribution in [0.25, 0.3) is 0 Å². The SMILES string of the molecule is CCCNC(c1cccc(Br)c1F)C1CCCCO1. The number of nitrogens with one attached hydrogen (secondary N) is 1. The van der Waals surface area contributed by atoms with Gasteiger partial charge in [-0.05, 0) is 54.2 Å². The van der Waals surface area contributed by atoms with Gasteiger partial charge in [-0.2, -0.15) is 0 Å². The van der Waals surface area contributed by atoms with Gasteiger partial charge in [0.25, 0.3) is 0 Å². The first kappa shape index (κ1) is 14.9. The predicted molar refractivity (Wildman–Crippen MR) is 78.7 cm³/mol. The average Bonchev–Trinajstić information content (AvgIpc) is 2.45. The highest BCUT2D eigenvalue weighted by Gasteiger charge is 2.28. The van der Waals surface area contributed by atoms with E-state index in [4.69, 9.17) is 4.74 Å². The number of hydrogen-bond acceptors (Lipinski definition) is 2. The minimum absolute atomic E-state index is 0.0576. The normalized spacial score (nSPS) is 21.3. The highest BCUT2D eigenvalue weighted by Crippen LogP contribution is 2.30. The summed E-state index contributed by atoms with van der Waals surface area (Å²) in [6.45, 7) is 3.77. The van der Waals surface area contributed by atoms with Crippen molar-refractivity contribution in [3.63, 3.8) is 0 Å². The minimum Gasteiger partial charge on any atom is -0.376 e. The Balaban J connectivity index is 2.22. The van der Waals surface area contributed by atoms with Crippen molar-refractivity contribution in [2.24, 2.45) is 0 Å². The molecule has 0 aromatic heterocycles. The van der Waals surface area contributed by atoms with Gasteiger partial charge in [-0.1, -0.05) is 19.1 Å². The highest BCUT2D eigenvalue weighted by molar-refractivity contribution is 9.10. The molecule has 0 aliphatic carbocycles. The molecular weight excluding hydrogens is 309 g/mol. The molecule has 2 rings (SSSR count). The molecule has 19 heavy (non-hydrogen) atoms. The van der Waals surface area contributed by atoms with Gasteiger partial charge in [-0.3, -0.25) is 0 Å². The van der Waals surface area contributed by atoms with Crippen molar-refractivity contribution in [3.05, 3.63) is 34.1 Å². The van der Waals surface area contributed by atoms with E-state index >= 15 is 0 Å². The van der Waals surface area contributed by atoms with Gasteiger partial charge >= 0.3 is 0 Å². The summed E-state index contributed by atoms with van der Waals surface area (Å²) in [5.41, 5.74) is 0.703. The number of benzene rings is 1. The third-order valence-corrected chi connectivity index (χ3v) is 4.13. The van der Waals surface area contributed by atoms with E-state index in [2.05, 4.69) is 28.2 Å². The first-order valence-electron chi connectivity index (χ1n) is 7.03. The summed E-state index contributed by atoms with van der Waals surface area (Å²) in [4.78, 5) is 0. The molecule has 0 amide bonds. The van der Waals surface area contributed by atoms with Crippen LogP contribution >= 0.6 is 15.9 Å². The van der Waals surface area contributed by atoms with Gasteiger partial charge in [-0.15, -0.1) is 0 Å². The van der Waals surface area contributed by atoms with E-state index in [1.807, 2.05) is 12.1 Å². The van der Waals surface area contributed by atoms with Crippen LogP contribution in [0.4, 0.5) is 4.39 Å². The Bertz CT molecular complexity index is 407. The Labute approximate surface area is 122 Å². The summed E-state index contributed by atoms with van der Waals surface area (Å²) in [7, 11) is 0. The van der Waals surface area contributed by atoms with Crippen molar-refractivity contribution in [1.29, 1.82) is 0 Å². The largest absolute Gasteiger partial charge is 0.376 e. The molecule has 1 heterocycles. The van der Waals surface area contributed by atoms with E-state index in [1.165, 1.54) is 0 Å². The quantitative estimate of drug-likeness (QED) is 0.874. The average molecular weight is 330 g/mol. The Morgan fingerprint density at radius 1 is 1.47 bits per heavy atom. The molecule has 2 nitrogen and oxygen atoms in total. The second-order valence-corrected chi connectivity index (χ2v) is 5.83. The molecule has 2 unspecified atom stereocenters. The lowest BCUT2D eigenvalue weighted by Gasteiger charge is -2.32. The maximum Gasteiger partial charge on any atom is 0.142 e. The Hall–Kier alpha value is -0.450. The summed E-state index contributed by atoms with van der Waals surface area (Å²) in [5, 5.41) is 3.44. The van der Waals surface area contributed by atoms with E-state index in [1.54, 1.807) is 6.07 Å². The molecule has 0 saturated carbocycles. The van der Waals surface area contributed by atoms with Crippen LogP contribution in [0.5, 0.6) is 0 Å². The van der Waals surface area contributed by atoms with E-state index in [-0.39, 0.29) is 18.0 Å². The molecule has 4 heteroatoms. The molecule has 1 aliphatic rings. The fourth-order valence-corrected chi connectivity index (χ4v) is 2.91. The Morgan fingerprint density at radius 2 is 2.32 bits per heavy atom. The zero-order valence-corrected chi connectivity index (χ0v) is 12.9. The number of ether oxygens (including phenoxy) is 1. The van der Waals surface area contributed by atoms with Crippen molar-refractivity contribution >= 4 is 15.9 Å². The zero-order valence-electron chi connectivity index (χ0n) is 11.3. The van der Waals surface area contributed by atoms with Crippen LogP contribution in [-0.2, 0) is 4.74 Å². The van der Waals surface area contributed by atoms with Crippen LogP contribution in [-0.4, -0.2) is 19.3 Å². The fraction of sp³-hybridized carbons (Fsp3) is 0.600. The zero-order chi connectivity index (χ0) is 13.7. The van der Waals surface area contributed by atoms with Gasteiger partial charge in [0.05, 0.1) is 16.6 Å². The molecule has 1 aliphatic heterocycles. The topological polar surface area (TPSA) is 21.3 Å². The number of rotatable bonds is 5. The van der Waals surface area contributed by atoms with Crippen molar-refractivity contribution in [2.45, 2.75) is 44.8 Å². The van der Waals surface area contributed by atoms with E-state index < -0.39 is 0 Å². The third-order valence-electron chi connectivity index (χ3n) is 3.52. The van der Waals surface area contributed by atoms with Gasteiger partial charge in [-0.25, -0.2) is 4.39 Å². The third kappa shape index (κ3) is 3.77. The molecule has 1 aromatic carbocycles. The maximum atomic E-state index is 14.3. The molecule has 0 radical (unpaired) electrons. The van der Waals surface area contributed by atoms with Gasteiger partial charge in [0.2, 0.25) is 0 Å². The molecule has 1 N–H and O–H groups in total. The van der Waals surface area contributed by atoms with E-state index in [0.717, 1.165) is 38.8 Å². The number of hydrogen-bond donors (Lipinski definition) is 1. The summed E-state index contributed by atoms with van der Waals surface area (Å²) < 4.78 is 20.7. The fourth-order valence-electron chi connectivity index (χ4n) is 2.53. The van der Waals surface area contributed by atoms with Crippen LogP contribution in [0.15, 0.2) is 22.7 Å². The van der Waals surface area contributed by atoms with Gasteiger partial charge in [0, 0.05) is 12.2 Å².